The maximum Gasteiger partial charge on any atom is 0.307 e. The van der Waals surface area contributed by atoms with E-state index in [0.29, 0.717) is 30.9 Å². The number of benzene rings is 2. The van der Waals surface area contributed by atoms with E-state index in [2.05, 4.69) is 57.0 Å². The van der Waals surface area contributed by atoms with Crippen molar-refractivity contribution < 1.29 is 23.5 Å². The molecular formula is C31H38N2O5Si. The van der Waals surface area contributed by atoms with Crippen molar-refractivity contribution in [2.24, 2.45) is 5.73 Å². The van der Waals surface area contributed by atoms with E-state index in [0.717, 1.165) is 39.1 Å². The first-order valence-corrected chi connectivity index (χ1v) is 16.1. The van der Waals surface area contributed by atoms with Crippen LogP contribution in [-0.4, -0.2) is 31.0 Å². The van der Waals surface area contributed by atoms with E-state index < -0.39 is 14.3 Å². The number of aliphatic carboxylic acids is 1. The van der Waals surface area contributed by atoms with Crippen LogP contribution in [0.1, 0.15) is 43.4 Å². The monoisotopic (exact) mass is 546 g/mol. The second-order valence-corrected chi connectivity index (χ2v) is 16.1. The number of rotatable bonds is 11. The first-order chi connectivity index (χ1) is 18.5. The number of pyridine rings is 1. The van der Waals surface area contributed by atoms with E-state index >= 15 is 0 Å². The number of fused-ring (bicyclic) bond motifs is 1. The maximum absolute atomic E-state index is 11.3. The van der Waals surface area contributed by atoms with Gasteiger partial charge in [0.25, 0.3) is 0 Å². The third kappa shape index (κ3) is 6.95. The molecule has 0 unspecified atom stereocenters. The number of carboxylic acids is 1. The predicted octanol–water partition coefficient (Wildman–Crippen LogP) is 6.72. The third-order valence-corrected chi connectivity index (χ3v) is 11.9. The molecule has 3 N–H and O–H groups in total. The third-order valence-electron chi connectivity index (χ3n) is 7.39. The zero-order valence-corrected chi connectivity index (χ0v) is 24.4. The van der Waals surface area contributed by atoms with E-state index in [-0.39, 0.29) is 18.1 Å². The van der Waals surface area contributed by atoms with Crippen molar-refractivity contribution in [2.45, 2.75) is 64.9 Å². The van der Waals surface area contributed by atoms with Gasteiger partial charge in [0.2, 0.25) is 0 Å². The molecule has 0 aliphatic rings. The Balaban J connectivity index is 1.65. The summed E-state index contributed by atoms with van der Waals surface area (Å²) in [7, 11) is -1.85. The van der Waals surface area contributed by atoms with E-state index in [1.807, 2.05) is 24.3 Å². The van der Waals surface area contributed by atoms with E-state index in [4.69, 9.17) is 19.3 Å². The summed E-state index contributed by atoms with van der Waals surface area (Å²) in [4.78, 5) is 15.6. The highest BCUT2D eigenvalue weighted by atomic mass is 28.4. The molecule has 206 valence electrons. The average Bonchev–Trinajstić information content (AvgIpc) is 3.29. The van der Waals surface area contributed by atoms with Gasteiger partial charge in [-0.2, -0.15) is 0 Å². The molecule has 4 rings (SSSR count). The number of para-hydroxylation sites is 1. The maximum atomic E-state index is 11.3. The van der Waals surface area contributed by atoms with Gasteiger partial charge in [0, 0.05) is 42.3 Å². The SMILES string of the molecule is CC(C)(C)[Si](C)(C)OCCc1cc2cc(COc3ccccc3CC(=O)O)cc(-c3ccnc(CN)c3)c2o1. The Bertz CT molecular complexity index is 1460. The molecule has 0 saturated carbocycles. The molecule has 0 bridgehead atoms. The lowest BCUT2D eigenvalue weighted by molar-refractivity contribution is -0.136. The Morgan fingerprint density at radius 2 is 1.87 bits per heavy atom. The number of hydrogen-bond donors (Lipinski definition) is 2. The zero-order chi connectivity index (χ0) is 28.2. The summed E-state index contributed by atoms with van der Waals surface area (Å²) in [6.07, 6.45) is 2.34. The van der Waals surface area contributed by atoms with Gasteiger partial charge >= 0.3 is 5.97 Å². The van der Waals surface area contributed by atoms with Gasteiger partial charge in [-0.1, -0.05) is 39.0 Å². The van der Waals surface area contributed by atoms with E-state index in [1.165, 1.54) is 0 Å². The number of nitrogens with two attached hydrogens (primary N) is 1. The number of hydrogen-bond acceptors (Lipinski definition) is 6. The van der Waals surface area contributed by atoms with Crippen LogP contribution in [0.3, 0.4) is 0 Å². The van der Waals surface area contributed by atoms with E-state index in [9.17, 15) is 9.90 Å². The topological polar surface area (TPSA) is 108 Å². The lowest BCUT2D eigenvalue weighted by Gasteiger charge is -2.36. The number of carboxylic acid groups (broad SMARTS) is 1. The van der Waals surface area contributed by atoms with Gasteiger partial charge < -0.3 is 24.4 Å². The molecule has 4 aromatic rings. The van der Waals surface area contributed by atoms with Crippen LogP contribution in [0.5, 0.6) is 5.75 Å². The van der Waals surface area contributed by atoms with Gasteiger partial charge in [0.1, 0.15) is 23.7 Å². The summed E-state index contributed by atoms with van der Waals surface area (Å²) in [6.45, 7) is 12.4. The van der Waals surface area contributed by atoms with Gasteiger partial charge in [0.15, 0.2) is 8.32 Å². The summed E-state index contributed by atoms with van der Waals surface area (Å²) in [5.41, 5.74) is 10.9. The summed E-state index contributed by atoms with van der Waals surface area (Å²) in [5, 5.41) is 10.4. The molecule has 2 heterocycles. The van der Waals surface area contributed by atoms with Crippen molar-refractivity contribution in [1.29, 1.82) is 0 Å². The molecule has 0 fully saturated rings. The Morgan fingerprint density at radius 3 is 2.59 bits per heavy atom. The van der Waals surface area contributed by atoms with Crippen LogP contribution < -0.4 is 10.5 Å². The number of aromatic nitrogens is 1. The standard InChI is InChI=1S/C31H38N2O5Si/c1-31(2,3)39(4,5)37-13-11-26-17-24-14-21(20-36-28-9-7-6-8-23(28)18-29(34)35)15-27(30(24)38-26)22-10-12-33-25(16-22)19-32/h6-10,12,14-17H,11,13,18-20,32H2,1-5H3,(H,34,35). The predicted molar refractivity (Wildman–Crippen MR) is 156 cm³/mol. The number of ether oxygens (including phenoxy) is 1. The Hall–Kier alpha value is -3.46. The van der Waals surface area contributed by atoms with Gasteiger partial charge in [-0.25, -0.2) is 0 Å². The normalized spacial score (nSPS) is 12.2. The second kappa shape index (κ2) is 11.7. The molecule has 0 amide bonds. The highest BCUT2D eigenvalue weighted by Gasteiger charge is 2.36. The van der Waals surface area contributed by atoms with Crippen molar-refractivity contribution >= 4 is 25.3 Å². The van der Waals surface area contributed by atoms with Crippen LogP contribution in [0.2, 0.25) is 18.1 Å². The van der Waals surface area contributed by atoms with Crippen LogP contribution in [0.25, 0.3) is 22.1 Å². The Morgan fingerprint density at radius 1 is 1.10 bits per heavy atom. The lowest BCUT2D eigenvalue weighted by atomic mass is 10.0. The minimum atomic E-state index is -1.85. The second-order valence-electron chi connectivity index (χ2n) is 11.3. The summed E-state index contributed by atoms with van der Waals surface area (Å²) in [6, 6.07) is 17.3. The summed E-state index contributed by atoms with van der Waals surface area (Å²) < 4.78 is 18.9. The highest BCUT2D eigenvalue weighted by Crippen LogP contribution is 2.37. The molecule has 0 saturated heterocycles. The van der Waals surface area contributed by atoms with Gasteiger partial charge in [-0.15, -0.1) is 0 Å². The van der Waals surface area contributed by atoms with Gasteiger partial charge in [-0.05, 0) is 65.7 Å². The van der Waals surface area contributed by atoms with Crippen LogP contribution >= 0.6 is 0 Å². The quantitative estimate of drug-likeness (QED) is 0.201. The number of nitrogens with zero attached hydrogens (tertiary/aromatic N) is 1. The lowest BCUT2D eigenvalue weighted by Crippen LogP contribution is -2.41. The largest absolute Gasteiger partial charge is 0.489 e. The van der Waals surface area contributed by atoms with Crippen molar-refractivity contribution in [2.75, 3.05) is 6.61 Å². The zero-order valence-electron chi connectivity index (χ0n) is 23.4. The fraction of sp³-hybridized carbons (Fsp3) is 0.355. The molecule has 0 radical (unpaired) electrons. The molecule has 39 heavy (non-hydrogen) atoms. The number of carbonyl (C=O) groups is 1. The van der Waals surface area contributed by atoms with Crippen LogP contribution in [0.4, 0.5) is 0 Å². The highest BCUT2D eigenvalue weighted by molar-refractivity contribution is 6.74. The Labute approximate surface area is 231 Å². The number of furan rings is 1. The molecule has 0 aliphatic heterocycles. The van der Waals surface area contributed by atoms with E-state index in [1.54, 1.807) is 18.3 Å². The summed E-state index contributed by atoms with van der Waals surface area (Å²) >= 11 is 0. The van der Waals surface area contributed by atoms with Crippen molar-refractivity contribution in [3.05, 3.63) is 83.4 Å². The molecule has 0 aliphatic carbocycles. The fourth-order valence-corrected chi connectivity index (χ4v) is 5.23. The fourth-order valence-electron chi connectivity index (χ4n) is 4.18. The minimum absolute atomic E-state index is 0.0959. The summed E-state index contributed by atoms with van der Waals surface area (Å²) in [5.74, 6) is 0.529. The van der Waals surface area contributed by atoms with Crippen LogP contribution in [0, 0.1) is 0 Å². The molecule has 2 aromatic carbocycles. The van der Waals surface area contributed by atoms with Crippen molar-refractivity contribution in [3.63, 3.8) is 0 Å². The molecule has 0 spiro atoms. The van der Waals surface area contributed by atoms with Crippen molar-refractivity contribution in [3.8, 4) is 16.9 Å². The molecule has 7 nitrogen and oxygen atoms in total. The molecule has 8 heteroatoms. The van der Waals surface area contributed by atoms with Crippen molar-refractivity contribution in [1.82, 2.24) is 4.98 Å². The molecule has 0 atom stereocenters. The molecular weight excluding hydrogens is 508 g/mol. The molecule has 2 aromatic heterocycles. The average molecular weight is 547 g/mol. The van der Waals surface area contributed by atoms with Crippen LogP contribution in [0.15, 0.2) is 65.2 Å². The van der Waals surface area contributed by atoms with Crippen LogP contribution in [-0.2, 0) is 35.2 Å². The first kappa shape index (κ1) is 28.5. The van der Waals surface area contributed by atoms with Gasteiger partial charge in [-0.3, -0.25) is 9.78 Å². The first-order valence-electron chi connectivity index (χ1n) is 13.2. The smallest absolute Gasteiger partial charge is 0.307 e. The minimum Gasteiger partial charge on any atom is -0.489 e. The van der Waals surface area contributed by atoms with Gasteiger partial charge in [0.05, 0.1) is 12.1 Å². The Kier molecular flexibility index (Phi) is 8.59.